The molecule has 2 nitrogen and oxygen atoms in total. The van der Waals surface area contributed by atoms with Gasteiger partial charge < -0.3 is 10.0 Å². The molecule has 1 aliphatic rings. The lowest BCUT2D eigenvalue weighted by atomic mass is 9.91. The Kier molecular flexibility index (Phi) is 3.72. The van der Waals surface area contributed by atoms with E-state index in [4.69, 9.17) is 0 Å². The molecule has 1 saturated heterocycles. The molecule has 17 heavy (non-hydrogen) atoms. The van der Waals surface area contributed by atoms with Gasteiger partial charge in [0.05, 0.1) is 6.10 Å². The fourth-order valence-corrected chi connectivity index (χ4v) is 2.99. The number of aliphatic hydroxyl groups excluding tert-OH is 1. The summed E-state index contributed by atoms with van der Waals surface area (Å²) in [5.74, 6) is 1.47. The minimum Gasteiger partial charge on any atom is -0.389 e. The van der Waals surface area contributed by atoms with E-state index in [0.29, 0.717) is 0 Å². The van der Waals surface area contributed by atoms with Crippen molar-refractivity contribution in [3.05, 3.63) is 29.8 Å². The van der Waals surface area contributed by atoms with E-state index in [1.54, 1.807) is 0 Å². The molecule has 0 amide bonds. The largest absolute Gasteiger partial charge is 0.389 e. The van der Waals surface area contributed by atoms with Crippen LogP contribution in [-0.4, -0.2) is 18.2 Å². The van der Waals surface area contributed by atoms with Gasteiger partial charge in [0.25, 0.3) is 0 Å². The zero-order valence-corrected chi connectivity index (χ0v) is 11.1. The van der Waals surface area contributed by atoms with Gasteiger partial charge in [-0.05, 0) is 31.2 Å². The molecule has 1 aromatic carbocycles. The maximum atomic E-state index is 9.84. The Bertz CT molecular complexity index is 365. The summed E-state index contributed by atoms with van der Waals surface area (Å²) in [5, 5.41) is 9.84. The van der Waals surface area contributed by atoms with Crippen LogP contribution in [0.5, 0.6) is 0 Å². The van der Waals surface area contributed by atoms with Crippen LogP contribution in [0.1, 0.15) is 38.9 Å². The molecule has 0 radical (unpaired) electrons. The van der Waals surface area contributed by atoms with Crippen LogP contribution in [0.15, 0.2) is 24.3 Å². The van der Waals surface area contributed by atoms with E-state index in [1.807, 2.05) is 19.1 Å². The second-order valence-electron chi connectivity index (χ2n) is 5.59. The monoisotopic (exact) mass is 233 g/mol. The zero-order valence-electron chi connectivity index (χ0n) is 11.1. The lowest BCUT2D eigenvalue weighted by Gasteiger charge is -2.38. The highest BCUT2D eigenvalue weighted by Crippen LogP contribution is 2.31. The van der Waals surface area contributed by atoms with E-state index in [-0.39, 0.29) is 0 Å². The van der Waals surface area contributed by atoms with Gasteiger partial charge in [0, 0.05) is 24.3 Å². The number of piperidine rings is 1. The third-order valence-electron chi connectivity index (χ3n) is 3.60. The summed E-state index contributed by atoms with van der Waals surface area (Å²) in [6.07, 6.45) is 0.923. The molecular weight excluding hydrogens is 210 g/mol. The number of aliphatic hydroxyl groups is 1. The third kappa shape index (κ3) is 2.81. The summed E-state index contributed by atoms with van der Waals surface area (Å²) in [6, 6.07) is 8.23. The summed E-state index contributed by atoms with van der Waals surface area (Å²) in [5.41, 5.74) is 2.26. The lowest BCUT2D eigenvalue weighted by Crippen LogP contribution is -2.39. The number of para-hydroxylation sites is 1. The van der Waals surface area contributed by atoms with E-state index in [9.17, 15) is 5.11 Å². The smallest absolute Gasteiger partial charge is 0.0781 e. The molecule has 0 saturated carbocycles. The van der Waals surface area contributed by atoms with E-state index < -0.39 is 6.10 Å². The van der Waals surface area contributed by atoms with Crippen LogP contribution in [0.4, 0.5) is 5.69 Å². The number of hydrogen-bond donors (Lipinski definition) is 1. The fourth-order valence-electron chi connectivity index (χ4n) is 2.99. The fraction of sp³-hybridized carbons (Fsp3) is 0.600. The Balaban J connectivity index is 2.27. The van der Waals surface area contributed by atoms with Gasteiger partial charge in [0.1, 0.15) is 0 Å². The van der Waals surface area contributed by atoms with Crippen molar-refractivity contribution >= 4 is 5.69 Å². The van der Waals surface area contributed by atoms with Gasteiger partial charge in [-0.25, -0.2) is 0 Å². The minimum atomic E-state index is -0.390. The number of hydrogen-bond acceptors (Lipinski definition) is 2. The van der Waals surface area contributed by atoms with Crippen LogP contribution in [0.3, 0.4) is 0 Å². The molecule has 1 N–H and O–H groups in total. The number of nitrogens with zero attached hydrogens (tertiary/aromatic N) is 1. The van der Waals surface area contributed by atoms with E-state index in [0.717, 1.165) is 30.5 Å². The molecule has 3 unspecified atom stereocenters. The number of anilines is 1. The normalized spacial score (nSPS) is 26.9. The summed E-state index contributed by atoms with van der Waals surface area (Å²) in [4.78, 5) is 2.43. The Morgan fingerprint density at radius 3 is 2.35 bits per heavy atom. The average Bonchev–Trinajstić information content (AvgIpc) is 2.27. The highest BCUT2D eigenvalue weighted by molar-refractivity contribution is 5.55. The molecule has 2 rings (SSSR count). The van der Waals surface area contributed by atoms with Crippen molar-refractivity contribution in [2.75, 3.05) is 18.0 Å². The second kappa shape index (κ2) is 5.09. The van der Waals surface area contributed by atoms with Gasteiger partial charge in [-0.15, -0.1) is 0 Å². The van der Waals surface area contributed by atoms with Gasteiger partial charge >= 0.3 is 0 Å². The van der Waals surface area contributed by atoms with E-state index in [2.05, 4.69) is 30.9 Å². The molecule has 1 heterocycles. The van der Waals surface area contributed by atoms with Crippen molar-refractivity contribution < 1.29 is 5.11 Å². The maximum Gasteiger partial charge on any atom is 0.0781 e. The SMILES string of the molecule is CC1CC(C)CN(c2ccccc2C(C)O)C1. The van der Waals surface area contributed by atoms with Crippen LogP contribution >= 0.6 is 0 Å². The van der Waals surface area contributed by atoms with Crippen molar-refractivity contribution in [3.8, 4) is 0 Å². The highest BCUT2D eigenvalue weighted by atomic mass is 16.3. The first-order chi connectivity index (χ1) is 8.08. The van der Waals surface area contributed by atoms with Crippen molar-refractivity contribution in [1.82, 2.24) is 0 Å². The van der Waals surface area contributed by atoms with Crippen LogP contribution in [-0.2, 0) is 0 Å². The Morgan fingerprint density at radius 2 is 1.76 bits per heavy atom. The van der Waals surface area contributed by atoms with E-state index >= 15 is 0 Å². The van der Waals surface area contributed by atoms with Gasteiger partial charge in [0.15, 0.2) is 0 Å². The predicted molar refractivity (Wildman–Crippen MR) is 72.2 cm³/mol. The average molecular weight is 233 g/mol. The van der Waals surface area contributed by atoms with Gasteiger partial charge in [-0.2, -0.15) is 0 Å². The Labute approximate surface area is 104 Å². The van der Waals surface area contributed by atoms with Crippen molar-refractivity contribution in [3.63, 3.8) is 0 Å². The summed E-state index contributed by atoms with van der Waals surface area (Å²) >= 11 is 0. The van der Waals surface area contributed by atoms with Crippen LogP contribution in [0.2, 0.25) is 0 Å². The number of rotatable bonds is 2. The first-order valence-corrected chi connectivity index (χ1v) is 6.60. The predicted octanol–water partition coefficient (Wildman–Crippen LogP) is 3.22. The Hall–Kier alpha value is -1.02. The summed E-state index contributed by atoms with van der Waals surface area (Å²) in [7, 11) is 0. The van der Waals surface area contributed by atoms with Crippen LogP contribution in [0.25, 0.3) is 0 Å². The molecule has 0 aromatic heterocycles. The molecule has 0 spiro atoms. The van der Waals surface area contributed by atoms with E-state index in [1.165, 1.54) is 12.1 Å². The molecular formula is C15H23NO. The van der Waals surface area contributed by atoms with Crippen LogP contribution in [0, 0.1) is 11.8 Å². The molecule has 1 fully saturated rings. The third-order valence-corrected chi connectivity index (χ3v) is 3.60. The summed E-state index contributed by atoms with van der Waals surface area (Å²) < 4.78 is 0. The Morgan fingerprint density at radius 1 is 1.18 bits per heavy atom. The first kappa shape index (κ1) is 12.4. The molecule has 2 heteroatoms. The van der Waals surface area contributed by atoms with Crippen molar-refractivity contribution in [2.45, 2.75) is 33.3 Å². The second-order valence-corrected chi connectivity index (χ2v) is 5.59. The standard InChI is InChI=1S/C15H23NO/c1-11-8-12(2)10-16(9-11)15-7-5-4-6-14(15)13(3)17/h4-7,11-13,17H,8-10H2,1-3H3. The topological polar surface area (TPSA) is 23.5 Å². The molecule has 0 aliphatic carbocycles. The lowest BCUT2D eigenvalue weighted by molar-refractivity contribution is 0.199. The number of benzene rings is 1. The van der Waals surface area contributed by atoms with Crippen molar-refractivity contribution in [2.24, 2.45) is 11.8 Å². The maximum absolute atomic E-state index is 9.84. The minimum absolute atomic E-state index is 0.390. The molecule has 1 aromatic rings. The van der Waals surface area contributed by atoms with Gasteiger partial charge in [0.2, 0.25) is 0 Å². The molecule has 0 bridgehead atoms. The zero-order chi connectivity index (χ0) is 12.4. The van der Waals surface area contributed by atoms with Gasteiger partial charge in [-0.1, -0.05) is 32.0 Å². The highest BCUT2D eigenvalue weighted by Gasteiger charge is 2.23. The van der Waals surface area contributed by atoms with Crippen molar-refractivity contribution in [1.29, 1.82) is 0 Å². The quantitative estimate of drug-likeness (QED) is 0.847. The van der Waals surface area contributed by atoms with Crippen LogP contribution < -0.4 is 4.90 Å². The molecule has 3 atom stereocenters. The first-order valence-electron chi connectivity index (χ1n) is 6.60. The molecule has 1 aliphatic heterocycles. The summed E-state index contributed by atoms with van der Waals surface area (Å²) in [6.45, 7) is 8.68. The van der Waals surface area contributed by atoms with Gasteiger partial charge in [-0.3, -0.25) is 0 Å². The molecule has 94 valence electrons.